The molecule has 2 heterocycles. The molecular formula is C26H31N3O4S. The zero-order valence-corrected chi connectivity index (χ0v) is 20.5. The normalized spacial score (nSPS) is 14.7. The van der Waals surface area contributed by atoms with Crippen LogP contribution in [0, 0.1) is 13.8 Å². The minimum absolute atomic E-state index is 0.0146. The molecule has 0 aliphatic carbocycles. The third-order valence-corrected chi connectivity index (χ3v) is 7.97. The molecule has 2 amide bonds. The molecule has 0 bridgehead atoms. The number of carbonyl (C=O) groups excluding carboxylic acids is 2. The lowest BCUT2D eigenvalue weighted by molar-refractivity contribution is -0.131. The maximum Gasteiger partial charge on any atom is 0.242 e. The van der Waals surface area contributed by atoms with Gasteiger partial charge in [0.1, 0.15) is 12.3 Å². The number of hydrogen-bond donors (Lipinski definition) is 1. The van der Waals surface area contributed by atoms with Crippen molar-refractivity contribution >= 4 is 38.2 Å². The van der Waals surface area contributed by atoms with E-state index in [0.717, 1.165) is 49.9 Å². The minimum Gasteiger partial charge on any atom is -0.341 e. The molecule has 4 rings (SSSR count). The van der Waals surface area contributed by atoms with E-state index in [2.05, 4.69) is 5.32 Å². The first-order chi connectivity index (χ1) is 16.2. The number of aryl methyl sites for hydroxylation is 2. The van der Waals surface area contributed by atoms with E-state index < -0.39 is 21.5 Å². The van der Waals surface area contributed by atoms with Crippen LogP contribution in [-0.2, 0) is 26.0 Å². The summed E-state index contributed by atoms with van der Waals surface area (Å²) in [4.78, 5) is 27.5. The minimum atomic E-state index is -3.93. The summed E-state index contributed by atoms with van der Waals surface area (Å²) in [5.41, 5.74) is 3.19. The van der Waals surface area contributed by atoms with Crippen molar-refractivity contribution in [1.29, 1.82) is 0 Å². The molecule has 0 saturated carbocycles. The number of fused-ring (bicyclic) bond motifs is 1. The second kappa shape index (κ2) is 10.0. The molecule has 0 unspecified atom stereocenters. The third-order valence-electron chi connectivity index (χ3n) is 6.33. The van der Waals surface area contributed by atoms with Crippen LogP contribution in [0.4, 0.5) is 5.69 Å². The zero-order valence-electron chi connectivity index (χ0n) is 19.7. The van der Waals surface area contributed by atoms with Crippen molar-refractivity contribution in [2.24, 2.45) is 0 Å². The Kier molecular flexibility index (Phi) is 7.07. The van der Waals surface area contributed by atoms with Crippen LogP contribution in [0.5, 0.6) is 0 Å². The van der Waals surface area contributed by atoms with E-state index in [9.17, 15) is 18.0 Å². The van der Waals surface area contributed by atoms with Gasteiger partial charge in [-0.05, 0) is 44.4 Å². The Labute approximate surface area is 200 Å². The van der Waals surface area contributed by atoms with Crippen LogP contribution < -0.4 is 5.32 Å². The highest BCUT2D eigenvalue weighted by atomic mass is 32.2. The molecule has 2 aromatic carbocycles. The molecule has 1 aliphatic rings. The van der Waals surface area contributed by atoms with Crippen molar-refractivity contribution in [3.05, 3.63) is 59.8 Å². The summed E-state index contributed by atoms with van der Waals surface area (Å²) in [6.45, 7) is 5.37. The smallest absolute Gasteiger partial charge is 0.242 e. The molecule has 8 heteroatoms. The van der Waals surface area contributed by atoms with Crippen LogP contribution >= 0.6 is 0 Å². The SMILES string of the molecule is Cc1ccc(NC(=O)CS(=O)(=O)c2cn(CC(=O)N3CCCCCC3)c3ccccc23)c(C)c1. The van der Waals surface area contributed by atoms with Crippen LogP contribution in [0.25, 0.3) is 10.9 Å². The molecule has 34 heavy (non-hydrogen) atoms. The molecule has 1 aromatic heterocycles. The van der Waals surface area contributed by atoms with Crippen molar-refractivity contribution in [2.75, 3.05) is 24.2 Å². The predicted molar refractivity (Wildman–Crippen MR) is 134 cm³/mol. The Balaban J connectivity index is 1.57. The molecule has 0 spiro atoms. The number of aromatic nitrogens is 1. The van der Waals surface area contributed by atoms with Gasteiger partial charge < -0.3 is 14.8 Å². The molecule has 0 atom stereocenters. The van der Waals surface area contributed by atoms with Gasteiger partial charge in [0.2, 0.25) is 11.8 Å². The number of likely N-dealkylation sites (tertiary alicyclic amines) is 1. The van der Waals surface area contributed by atoms with Crippen LogP contribution in [0.2, 0.25) is 0 Å². The van der Waals surface area contributed by atoms with E-state index in [4.69, 9.17) is 0 Å². The highest BCUT2D eigenvalue weighted by Gasteiger charge is 2.26. The van der Waals surface area contributed by atoms with Crippen LogP contribution in [0.15, 0.2) is 53.6 Å². The highest BCUT2D eigenvalue weighted by molar-refractivity contribution is 7.92. The van der Waals surface area contributed by atoms with Gasteiger partial charge in [0, 0.05) is 35.9 Å². The Morgan fingerprint density at radius 2 is 1.68 bits per heavy atom. The molecular weight excluding hydrogens is 450 g/mol. The van der Waals surface area contributed by atoms with Crippen molar-refractivity contribution in [2.45, 2.75) is 51.0 Å². The molecule has 1 saturated heterocycles. The summed E-state index contributed by atoms with van der Waals surface area (Å²) in [7, 11) is -3.93. The maximum absolute atomic E-state index is 13.3. The van der Waals surface area contributed by atoms with Crippen molar-refractivity contribution in [1.82, 2.24) is 9.47 Å². The Hall–Kier alpha value is -3.13. The number of para-hydroxylation sites is 1. The highest BCUT2D eigenvalue weighted by Crippen LogP contribution is 2.27. The third kappa shape index (κ3) is 5.33. The summed E-state index contributed by atoms with van der Waals surface area (Å²) in [6, 6.07) is 12.7. The second-order valence-electron chi connectivity index (χ2n) is 9.06. The lowest BCUT2D eigenvalue weighted by Gasteiger charge is -2.20. The molecule has 7 nitrogen and oxygen atoms in total. The molecule has 1 fully saturated rings. The van der Waals surface area contributed by atoms with E-state index in [1.165, 1.54) is 6.20 Å². The standard InChI is InChI=1S/C26H31N3O4S/c1-19-11-12-22(20(2)15-19)27-25(30)18-34(32,33)24-16-29(23-10-6-5-9-21(23)24)17-26(31)28-13-7-3-4-8-14-28/h5-6,9-12,15-16H,3-4,7-8,13-14,17-18H2,1-2H3,(H,27,30). The fourth-order valence-corrected chi connectivity index (χ4v) is 5.92. The lowest BCUT2D eigenvalue weighted by atomic mass is 10.1. The number of nitrogens with zero attached hydrogens (tertiary/aromatic N) is 2. The van der Waals surface area contributed by atoms with Gasteiger partial charge in [0.25, 0.3) is 0 Å². The topological polar surface area (TPSA) is 88.5 Å². The van der Waals surface area contributed by atoms with Gasteiger partial charge in [0.05, 0.1) is 4.90 Å². The van der Waals surface area contributed by atoms with E-state index in [-0.39, 0.29) is 17.3 Å². The second-order valence-corrected chi connectivity index (χ2v) is 11.0. The quantitative estimate of drug-likeness (QED) is 0.575. The predicted octanol–water partition coefficient (Wildman–Crippen LogP) is 4.07. The molecule has 1 N–H and O–H groups in total. The summed E-state index contributed by atoms with van der Waals surface area (Å²) in [5, 5.41) is 3.23. The zero-order chi connectivity index (χ0) is 24.3. The number of rotatable bonds is 6. The van der Waals surface area contributed by atoms with Gasteiger partial charge in [-0.1, -0.05) is 48.7 Å². The van der Waals surface area contributed by atoms with Gasteiger partial charge >= 0.3 is 0 Å². The van der Waals surface area contributed by atoms with E-state index in [1.807, 2.05) is 36.9 Å². The number of amides is 2. The fourth-order valence-electron chi connectivity index (χ4n) is 4.55. The molecule has 3 aromatic rings. The Morgan fingerprint density at radius 3 is 2.38 bits per heavy atom. The first kappa shape index (κ1) is 24.0. The largest absolute Gasteiger partial charge is 0.341 e. The van der Waals surface area contributed by atoms with Crippen molar-refractivity contribution < 1.29 is 18.0 Å². The fraction of sp³-hybridized carbons (Fsp3) is 0.385. The van der Waals surface area contributed by atoms with E-state index in [0.29, 0.717) is 16.6 Å². The molecule has 0 radical (unpaired) electrons. The average molecular weight is 482 g/mol. The van der Waals surface area contributed by atoms with Crippen molar-refractivity contribution in [3.8, 4) is 0 Å². The van der Waals surface area contributed by atoms with Crippen molar-refractivity contribution in [3.63, 3.8) is 0 Å². The Morgan fingerprint density at radius 1 is 0.971 bits per heavy atom. The van der Waals surface area contributed by atoms with Gasteiger partial charge in [-0.15, -0.1) is 0 Å². The number of anilines is 1. The molecule has 1 aliphatic heterocycles. The lowest BCUT2D eigenvalue weighted by Crippen LogP contribution is -2.34. The molecule has 180 valence electrons. The van der Waals surface area contributed by atoms with Gasteiger partial charge in [-0.3, -0.25) is 9.59 Å². The monoisotopic (exact) mass is 481 g/mol. The van der Waals surface area contributed by atoms with Gasteiger partial charge in [-0.25, -0.2) is 8.42 Å². The maximum atomic E-state index is 13.3. The number of benzene rings is 2. The summed E-state index contributed by atoms with van der Waals surface area (Å²) >= 11 is 0. The number of nitrogens with one attached hydrogen (secondary N) is 1. The summed E-state index contributed by atoms with van der Waals surface area (Å²) in [6.07, 6.45) is 5.74. The average Bonchev–Trinajstić information content (AvgIpc) is 2.95. The van der Waals surface area contributed by atoms with E-state index in [1.54, 1.807) is 28.8 Å². The van der Waals surface area contributed by atoms with Gasteiger partial charge in [0.15, 0.2) is 9.84 Å². The van der Waals surface area contributed by atoms with Crippen LogP contribution in [0.3, 0.4) is 0 Å². The summed E-state index contributed by atoms with van der Waals surface area (Å²) in [5.74, 6) is -1.28. The number of hydrogen-bond acceptors (Lipinski definition) is 4. The Bertz CT molecular complexity index is 1320. The first-order valence-electron chi connectivity index (χ1n) is 11.7. The van der Waals surface area contributed by atoms with Crippen LogP contribution in [0.1, 0.15) is 36.8 Å². The van der Waals surface area contributed by atoms with E-state index >= 15 is 0 Å². The first-order valence-corrected chi connectivity index (χ1v) is 13.4. The van der Waals surface area contributed by atoms with Gasteiger partial charge in [-0.2, -0.15) is 0 Å². The number of carbonyl (C=O) groups is 2. The summed E-state index contributed by atoms with van der Waals surface area (Å²) < 4.78 is 28.2. The van der Waals surface area contributed by atoms with Crippen LogP contribution in [-0.4, -0.2) is 48.5 Å². The number of sulfone groups is 1.